The van der Waals surface area contributed by atoms with Gasteiger partial charge in [0.2, 0.25) is 0 Å². The van der Waals surface area contributed by atoms with E-state index in [1.807, 2.05) is 0 Å². The quantitative estimate of drug-likeness (QED) is 0.804. The lowest BCUT2D eigenvalue weighted by atomic mass is 10.2. The summed E-state index contributed by atoms with van der Waals surface area (Å²) in [5.74, 6) is -0.220. The Morgan fingerprint density at radius 3 is 3.17 bits per heavy atom. The van der Waals surface area contributed by atoms with Crippen LogP contribution in [-0.4, -0.2) is 32.3 Å². The fraction of sp³-hybridized carbons (Fsp3) is 0.538. The molecule has 0 saturated carbocycles. The molecule has 1 unspecified atom stereocenters. The highest BCUT2D eigenvalue weighted by atomic mass is 35.5. The molecule has 1 saturated heterocycles. The predicted molar refractivity (Wildman–Crippen MR) is 70.3 cm³/mol. The van der Waals surface area contributed by atoms with E-state index in [1.165, 1.54) is 6.07 Å². The van der Waals surface area contributed by atoms with E-state index in [9.17, 15) is 4.39 Å². The number of rotatable bonds is 5. The molecule has 0 aromatic heterocycles. The molecule has 18 heavy (non-hydrogen) atoms. The Labute approximate surface area is 112 Å². The molecule has 1 fully saturated rings. The SMILES string of the molecule is Fc1ccc(Cl)cc1CNCCC1CNCCO1. The summed E-state index contributed by atoms with van der Waals surface area (Å²) in [5, 5.41) is 7.05. The third-order valence-electron chi connectivity index (χ3n) is 2.97. The monoisotopic (exact) mass is 272 g/mol. The van der Waals surface area contributed by atoms with Gasteiger partial charge in [0.15, 0.2) is 0 Å². The van der Waals surface area contributed by atoms with Crippen LogP contribution in [0.2, 0.25) is 5.02 Å². The number of hydrogen-bond donors (Lipinski definition) is 2. The van der Waals surface area contributed by atoms with Gasteiger partial charge >= 0.3 is 0 Å². The maximum Gasteiger partial charge on any atom is 0.127 e. The molecular weight excluding hydrogens is 255 g/mol. The summed E-state index contributed by atoms with van der Waals surface area (Å²) >= 11 is 5.83. The number of halogens is 2. The Morgan fingerprint density at radius 1 is 1.50 bits per heavy atom. The van der Waals surface area contributed by atoms with Crippen molar-refractivity contribution in [3.8, 4) is 0 Å². The number of hydrogen-bond acceptors (Lipinski definition) is 3. The van der Waals surface area contributed by atoms with Crippen molar-refractivity contribution >= 4 is 11.6 Å². The number of ether oxygens (including phenoxy) is 1. The van der Waals surface area contributed by atoms with Gasteiger partial charge in [-0.3, -0.25) is 0 Å². The Balaban J connectivity index is 1.69. The second-order valence-electron chi connectivity index (χ2n) is 4.40. The minimum absolute atomic E-state index is 0.220. The standard InChI is InChI=1S/C13H18ClFN2O/c14-11-1-2-13(15)10(7-11)8-16-4-3-12-9-17-5-6-18-12/h1-2,7,12,16-17H,3-6,8-9H2. The predicted octanol–water partition coefficient (Wildman–Crippen LogP) is 1.95. The molecule has 0 aliphatic carbocycles. The van der Waals surface area contributed by atoms with Crippen LogP contribution in [0, 0.1) is 5.82 Å². The van der Waals surface area contributed by atoms with Crippen LogP contribution < -0.4 is 10.6 Å². The Hall–Kier alpha value is -0.680. The van der Waals surface area contributed by atoms with Crippen molar-refractivity contribution in [1.29, 1.82) is 0 Å². The minimum atomic E-state index is -0.220. The average Bonchev–Trinajstić information content (AvgIpc) is 2.40. The lowest BCUT2D eigenvalue weighted by Crippen LogP contribution is -2.39. The van der Waals surface area contributed by atoms with E-state index < -0.39 is 0 Å². The first-order valence-corrected chi connectivity index (χ1v) is 6.60. The van der Waals surface area contributed by atoms with Crippen molar-refractivity contribution in [3.05, 3.63) is 34.6 Å². The molecule has 5 heteroatoms. The molecule has 3 nitrogen and oxygen atoms in total. The summed E-state index contributed by atoms with van der Waals surface area (Å²) in [4.78, 5) is 0. The lowest BCUT2D eigenvalue weighted by Gasteiger charge is -2.23. The van der Waals surface area contributed by atoms with Gasteiger partial charge < -0.3 is 15.4 Å². The average molecular weight is 273 g/mol. The van der Waals surface area contributed by atoms with Gasteiger partial charge in [0.1, 0.15) is 5.82 Å². The summed E-state index contributed by atoms with van der Waals surface area (Å²) in [5.41, 5.74) is 0.602. The molecule has 0 spiro atoms. The fourth-order valence-electron chi connectivity index (χ4n) is 1.97. The molecule has 2 rings (SSSR count). The maximum absolute atomic E-state index is 13.4. The van der Waals surface area contributed by atoms with Crippen LogP contribution in [0.4, 0.5) is 4.39 Å². The molecular formula is C13H18ClFN2O. The van der Waals surface area contributed by atoms with Crippen molar-refractivity contribution in [2.45, 2.75) is 19.1 Å². The molecule has 1 aromatic carbocycles. The van der Waals surface area contributed by atoms with E-state index >= 15 is 0 Å². The number of nitrogens with one attached hydrogen (secondary N) is 2. The molecule has 1 atom stereocenters. The van der Waals surface area contributed by atoms with Crippen LogP contribution in [0.1, 0.15) is 12.0 Å². The third kappa shape index (κ3) is 4.21. The highest BCUT2D eigenvalue weighted by Gasteiger charge is 2.12. The van der Waals surface area contributed by atoms with E-state index in [4.69, 9.17) is 16.3 Å². The van der Waals surface area contributed by atoms with E-state index in [2.05, 4.69) is 10.6 Å². The van der Waals surface area contributed by atoms with Crippen LogP contribution in [0.25, 0.3) is 0 Å². The Kier molecular flexibility index (Phi) is 5.38. The molecule has 0 bridgehead atoms. The maximum atomic E-state index is 13.4. The summed E-state index contributed by atoms with van der Waals surface area (Å²) in [6, 6.07) is 4.61. The molecule has 0 amide bonds. The second-order valence-corrected chi connectivity index (χ2v) is 4.83. The van der Waals surface area contributed by atoms with E-state index in [0.29, 0.717) is 17.1 Å². The fourth-order valence-corrected chi connectivity index (χ4v) is 2.16. The first-order valence-electron chi connectivity index (χ1n) is 6.22. The van der Waals surface area contributed by atoms with Crippen molar-refractivity contribution in [2.24, 2.45) is 0 Å². The van der Waals surface area contributed by atoms with Gasteiger partial charge in [-0.15, -0.1) is 0 Å². The molecule has 1 heterocycles. The minimum Gasteiger partial charge on any atom is -0.376 e. The van der Waals surface area contributed by atoms with Gasteiger partial charge in [0.05, 0.1) is 12.7 Å². The van der Waals surface area contributed by atoms with Crippen molar-refractivity contribution in [1.82, 2.24) is 10.6 Å². The zero-order valence-electron chi connectivity index (χ0n) is 10.2. The van der Waals surface area contributed by atoms with Gasteiger partial charge in [-0.2, -0.15) is 0 Å². The molecule has 1 aliphatic rings. The molecule has 1 aromatic rings. The van der Waals surface area contributed by atoms with Crippen LogP contribution in [0.15, 0.2) is 18.2 Å². The van der Waals surface area contributed by atoms with Gasteiger partial charge in [0, 0.05) is 30.2 Å². The smallest absolute Gasteiger partial charge is 0.127 e. The first kappa shape index (κ1) is 13.7. The first-order chi connectivity index (χ1) is 8.75. The van der Waals surface area contributed by atoms with Crippen LogP contribution in [0.3, 0.4) is 0 Å². The third-order valence-corrected chi connectivity index (χ3v) is 3.21. The molecule has 100 valence electrons. The van der Waals surface area contributed by atoms with E-state index in [-0.39, 0.29) is 11.9 Å². The Morgan fingerprint density at radius 2 is 2.39 bits per heavy atom. The summed E-state index contributed by atoms with van der Waals surface area (Å²) in [7, 11) is 0. The Bertz CT molecular complexity index is 383. The zero-order chi connectivity index (χ0) is 12.8. The molecule has 0 radical (unpaired) electrons. The summed E-state index contributed by atoms with van der Waals surface area (Å²) in [6.45, 7) is 3.89. The molecule has 1 aliphatic heterocycles. The number of morpholine rings is 1. The van der Waals surface area contributed by atoms with Crippen LogP contribution in [0.5, 0.6) is 0 Å². The van der Waals surface area contributed by atoms with E-state index in [1.54, 1.807) is 12.1 Å². The van der Waals surface area contributed by atoms with Gasteiger partial charge in [-0.25, -0.2) is 4.39 Å². The highest BCUT2D eigenvalue weighted by Crippen LogP contribution is 2.14. The topological polar surface area (TPSA) is 33.3 Å². The van der Waals surface area contributed by atoms with Crippen molar-refractivity contribution < 1.29 is 9.13 Å². The van der Waals surface area contributed by atoms with Crippen LogP contribution in [-0.2, 0) is 11.3 Å². The van der Waals surface area contributed by atoms with Gasteiger partial charge in [-0.05, 0) is 31.2 Å². The molecule has 2 N–H and O–H groups in total. The van der Waals surface area contributed by atoms with E-state index in [0.717, 1.165) is 32.7 Å². The summed E-state index contributed by atoms with van der Waals surface area (Å²) in [6.07, 6.45) is 1.19. The van der Waals surface area contributed by atoms with Crippen LogP contribution >= 0.6 is 11.6 Å². The van der Waals surface area contributed by atoms with Gasteiger partial charge in [-0.1, -0.05) is 11.6 Å². The largest absolute Gasteiger partial charge is 0.376 e. The van der Waals surface area contributed by atoms with Gasteiger partial charge in [0.25, 0.3) is 0 Å². The highest BCUT2D eigenvalue weighted by molar-refractivity contribution is 6.30. The second kappa shape index (κ2) is 7.04. The normalized spacial score (nSPS) is 20.0. The zero-order valence-corrected chi connectivity index (χ0v) is 11.0. The summed E-state index contributed by atoms with van der Waals surface area (Å²) < 4.78 is 19.0. The van der Waals surface area contributed by atoms with Crippen molar-refractivity contribution in [2.75, 3.05) is 26.2 Å². The number of benzene rings is 1. The van der Waals surface area contributed by atoms with Crippen molar-refractivity contribution in [3.63, 3.8) is 0 Å². The lowest BCUT2D eigenvalue weighted by molar-refractivity contribution is 0.0238.